The first-order valence-electron chi connectivity index (χ1n) is 5.64. The maximum atomic E-state index is 5.87. The Kier molecular flexibility index (Phi) is 2.44. The number of rotatable bonds is 2. The van der Waals surface area contributed by atoms with Gasteiger partial charge in [-0.2, -0.15) is 0 Å². The molecule has 1 fully saturated rings. The second kappa shape index (κ2) is 3.94. The normalized spacial score (nSPS) is 17.0. The molecule has 1 aliphatic carbocycles. The second-order valence-corrected chi connectivity index (χ2v) is 5.22. The van der Waals surface area contributed by atoms with Crippen molar-refractivity contribution in [1.82, 2.24) is 4.98 Å². The van der Waals surface area contributed by atoms with E-state index in [1.807, 2.05) is 18.2 Å². The van der Waals surface area contributed by atoms with Gasteiger partial charge in [0.1, 0.15) is 6.10 Å². The molecule has 1 aromatic heterocycles. The van der Waals surface area contributed by atoms with Gasteiger partial charge in [0.05, 0.1) is 10.2 Å². The van der Waals surface area contributed by atoms with E-state index in [0.717, 1.165) is 33.9 Å². The first-order valence-corrected chi connectivity index (χ1v) is 6.45. The molecule has 1 aromatic carbocycles. The lowest BCUT2D eigenvalue weighted by Crippen LogP contribution is -2.10. The van der Waals surface area contributed by atoms with Gasteiger partial charge in [-0.15, -0.1) is 0 Å². The van der Waals surface area contributed by atoms with Crippen LogP contribution in [0.5, 0.6) is 5.19 Å². The van der Waals surface area contributed by atoms with Gasteiger partial charge in [-0.1, -0.05) is 11.3 Å². The number of fused-ring (bicyclic) bond motifs is 1. The van der Waals surface area contributed by atoms with E-state index in [0.29, 0.717) is 6.10 Å². The van der Waals surface area contributed by atoms with Gasteiger partial charge in [-0.05, 0) is 43.9 Å². The number of hydrogen-bond acceptors (Lipinski definition) is 4. The fourth-order valence-corrected chi connectivity index (χ4v) is 3.05. The number of thiazole rings is 1. The van der Waals surface area contributed by atoms with Crippen LogP contribution in [-0.2, 0) is 0 Å². The Hall–Kier alpha value is -1.29. The first kappa shape index (κ1) is 9.90. The van der Waals surface area contributed by atoms with E-state index in [9.17, 15) is 0 Å². The van der Waals surface area contributed by atoms with E-state index < -0.39 is 0 Å². The molecule has 0 amide bonds. The van der Waals surface area contributed by atoms with Crippen LogP contribution in [0.1, 0.15) is 25.7 Å². The summed E-state index contributed by atoms with van der Waals surface area (Å²) in [5.41, 5.74) is 7.49. The van der Waals surface area contributed by atoms with Crippen molar-refractivity contribution in [2.24, 2.45) is 0 Å². The molecule has 0 unspecified atom stereocenters. The Morgan fingerprint density at radius 2 is 2.12 bits per heavy atom. The molecule has 1 saturated carbocycles. The van der Waals surface area contributed by atoms with Crippen LogP contribution in [0.2, 0.25) is 0 Å². The van der Waals surface area contributed by atoms with Crippen molar-refractivity contribution in [3.05, 3.63) is 18.2 Å². The maximum absolute atomic E-state index is 5.87. The highest BCUT2D eigenvalue weighted by molar-refractivity contribution is 7.20. The lowest BCUT2D eigenvalue weighted by molar-refractivity contribution is 0.209. The van der Waals surface area contributed by atoms with Crippen LogP contribution in [0.3, 0.4) is 0 Å². The van der Waals surface area contributed by atoms with Crippen LogP contribution in [0, 0.1) is 0 Å². The molecule has 3 rings (SSSR count). The van der Waals surface area contributed by atoms with E-state index in [2.05, 4.69) is 4.98 Å². The number of nitrogens with zero attached hydrogens (tertiary/aromatic N) is 1. The lowest BCUT2D eigenvalue weighted by atomic mass is 10.3. The molecule has 2 N–H and O–H groups in total. The molecule has 16 heavy (non-hydrogen) atoms. The van der Waals surface area contributed by atoms with Crippen molar-refractivity contribution in [2.45, 2.75) is 31.8 Å². The highest BCUT2D eigenvalue weighted by Gasteiger charge is 2.18. The van der Waals surface area contributed by atoms with E-state index in [-0.39, 0.29) is 0 Å². The summed E-state index contributed by atoms with van der Waals surface area (Å²) in [6, 6.07) is 5.78. The summed E-state index contributed by atoms with van der Waals surface area (Å²) in [6.07, 6.45) is 5.26. The summed E-state index contributed by atoms with van der Waals surface area (Å²) >= 11 is 1.58. The zero-order valence-electron chi connectivity index (χ0n) is 8.98. The van der Waals surface area contributed by atoms with Gasteiger partial charge in [-0.3, -0.25) is 0 Å². The minimum atomic E-state index is 0.373. The van der Waals surface area contributed by atoms with E-state index in [1.165, 1.54) is 12.8 Å². The Labute approximate surface area is 98.2 Å². The van der Waals surface area contributed by atoms with E-state index in [4.69, 9.17) is 10.5 Å². The van der Waals surface area contributed by atoms with Crippen molar-refractivity contribution in [2.75, 3.05) is 5.73 Å². The molecule has 0 radical (unpaired) electrons. The monoisotopic (exact) mass is 234 g/mol. The molecule has 0 spiro atoms. The summed E-state index contributed by atoms with van der Waals surface area (Å²) in [6.45, 7) is 0. The van der Waals surface area contributed by atoms with Gasteiger partial charge in [0.2, 0.25) is 0 Å². The van der Waals surface area contributed by atoms with Crippen molar-refractivity contribution < 1.29 is 4.74 Å². The van der Waals surface area contributed by atoms with Gasteiger partial charge in [-0.25, -0.2) is 4.98 Å². The average Bonchev–Trinajstić information content (AvgIpc) is 2.86. The summed E-state index contributed by atoms with van der Waals surface area (Å²) in [4.78, 5) is 4.46. The van der Waals surface area contributed by atoms with E-state index >= 15 is 0 Å². The zero-order valence-corrected chi connectivity index (χ0v) is 9.80. The van der Waals surface area contributed by atoms with Crippen LogP contribution in [0.4, 0.5) is 5.69 Å². The van der Waals surface area contributed by atoms with Crippen LogP contribution in [0.15, 0.2) is 18.2 Å². The number of nitrogen functional groups attached to an aromatic ring is 1. The third-order valence-electron chi connectivity index (χ3n) is 2.96. The lowest BCUT2D eigenvalue weighted by Gasteiger charge is -2.08. The molecule has 4 heteroatoms. The van der Waals surface area contributed by atoms with Gasteiger partial charge < -0.3 is 10.5 Å². The number of ether oxygens (including phenoxy) is 1. The van der Waals surface area contributed by atoms with Gasteiger partial charge in [0.25, 0.3) is 5.19 Å². The molecular formula is C12H14N2OS. The number of aromatic nitrogens is 1. The molecular weight excluding hydrogens is 220 g/mol. The fraction of sp³-hybridized carbons (Fsp3) is 0.417. The highest BCUT2D eigenvalue weighted by atomic mass is 32.1. The second-order valence-electron chi connectivity index (χ2n) is 4.23. The highest BCUT2D eigenvalue weighted by Crippen LogP contribution is 2.32. The number of hydrogen-bond donors (Lipinski definition) is 1. The van der Waals surface area contributed by atoms with Crippen LogP contribution in [-0.4, -0.2) is 11.1 Å². The molecule has 0 aliphatic heterocycles. The minimum Gasteiger partial charge on any atom is -0.467 e. The predicted molar refractivity (Wildman–Crippen MR) is 66.9 cm³/mol. The topological polar surface area (TPSA) is 48.1 Å². The first-order chi connectivity index (χ1) is 7.81. The van der Waals surface area contributed by atoms with Crippen molar-refractivity contribution in [3.8, 4) is 5.19 Å². The smallest absolute Gasteiger partial charge is 0.274 e. The van der Waals surface area contributed by atoms with Gasteiger partial charge >= 0.3 is 0 Å². The SMILES string of the molecule is Nc1ccc2nc(OC3CCCC3)sc2c1. The molecule has 0 atom stereocenters. The average molecular weight is 234 g/mol. The van der Waals surface area contributed by atoms with Gasteiger partial charge in [0, 0.05) is 5.69 Å². The summed E-state index contributed by atoms with van der Waals surface area (Å²) in [5.74, 6) is 0. The van der Waals surface area contributed by atoms with Gasteiger partial charge in [0.15, 0.2) is 0 Å². The van der Waals surface area contributed by atoms with Crippen LogP contribution >= 0.6 is 11.3 Å². The largest absolute Gasteiger partial charge is 0.467 e. The Bertz CT molecular complexity index is 503. The standard InChI is InChI=1S/C12H14N2OS/c13-8-5-6-10-11(7-8)16-12(14-10)15-9-3-1-2-4-9/h5-7,9H,1-4,13H2. The Morgan fingerprint density at radius 3 is 2.94 bits per heavy atom. The molecule has 3 nitrogen and oxygen atoms in total. The number of anilines is 1. The summed E-state index contributed by atoms with van der Waals surface area (Å²) < 4.78 is 6.97. The quantitative estimate of drug-likeness (QED) is 0.812. The minimum absolute atomic E-state index is 0.373. The number of benzene rings is 1. The fourth-order valence-electron chi connectivity index (χ4n) is 2.12. The molecule has 2 aromatic rings. The Morgan fingerprint density at radius 1 is 1.31 bits per heavy atom. The van der Waals surface area contributed by atoms with Crippen molar-refractivity contribution in [1.29, 1.82) is 0 Å². The van der Waals surface area contributed by atoms with Crippen LogP contribution < -0.4 is 10.5 Å². The van der Waals surface area contributed by atoms with Crippen molar-refractivity contribution in [3.63, 3.8) is 0 Å². The van der Waals surface area contributed by atoms with Crippen LogP contribution in [0.25, 0.3) is 10.2 Å². The third-order valence-corrected chi connectivity index (χ3v) is 3.87. The molecule has 0 saturated heterocycles. The summed E-state index contributed by atoms with van der Waals surface area (Å²) in [5, 5.41) is 0.785. The zero-order chi connectivity index (χ0) is 11.0. The van der Waals surface area contributed by atoms with Crippen molar-refractivity contribution >= 4 is 27.2 Å². The number of nitrogens with two attached hydrogens (primary N) is 1. The summed E-state index contributed by atoms with van der Waals surface area (Å²) in [7, 11) is 0. The predicted octanol–water partition coefficient (Wildman–Crippen LogP) is 3.20. The van der Waals surface area contributed by atoms with E-state index in [1.54, 1.807) is 11.3 Å². The molecule has 84 valence electrons. The molecule has 1 heterocycles. The Balaban J connectivity index is 1.86. The third kappa shape index (κ3) is 1.85. The maximum Gasteiger partial charge on any atom is 0.274 e. The molecule has 1 aliphatic rings. The molecule has 0 bridgehead atoms.